The molecule has 0 radical (unpaired) electrons. The highest BCUT2D eigenvalue weighted by Crippen LogP contribution is 2.35. The van der Waals surface area contributed by atoms with Crippen molar-refractivity contribution in [1.82, 2.24) is 0 Å². The van der Waals surface area contributed by atoms with Crippen LogP contribution in [0.25, 0.3) is 0 Å². The SMILES string of the molecule is C=C1CC[C@@H]2[C@H](/C=C(\C)CCC1=O)OC(=O)[C@H]2C. The van der Waals surface area contributed by atoms with Gasteiger partial charge >= 0.3 is 5.97 Å². The maximum absolute atomic E-state index is 11.8. The Bertz CT molecular complexity index is 419. The number of hydrogen-bond donors (Lipinski definition) is 0. The third-order valence-electron chi connectivity index (χ3n) is 4.06. The standard InChI is InChI=1S/C15H20O3/c1-9-4-7-13(16)10(2)5-6-12-11(3)15(17)18-14(12)8-9/h8,11-12,14H,2,4-7H2,1,3H3/b9-8+/t11-,12-,14-/m0/s1. The molecular weight excluding hydrogens is 228 g/mol. The second-order valence-electron chi connectivity index (χ2n) is 5.43. The Hall–Kier alpha value is -1.38. The number of ketones is 1. The number of carbonyl (C=O) groups excluding carboxylic acids is 2. The Kier molecular flexibility index (Phi) is 3.69. The van der Waals surface area contributed by atoms with Crippen molar-refractivity contribution >= 4 is 11.8 Å². The second kappa shape index (κ2) is 5.09. The molecule has 1 saturated heterocycles. The molecule has 0 amide bonds. The molecular formula is C15H20O3. The van der Waals surface area contributed by atoms with Crippen molar-refractivity contribution in [3.63, 3.8) is 0 Å². The zero-order chi connectivity index (χ0) is 13.3. The molecule has 2 rings (SSSR count). The average molecular weight is 248 g/mol. The first-order valence-electron chi connectivity index (χ1n) is 6.58. The van der Waals surface area contributed by atoms with E-state index in [9.17, 15) is 9.59 Å². The van der Waals surface area contributed by atoms with E-state index in [2.05, 4.69) is 6.58 Å². The van der Waals surface area contributed by atoms with E-state index in [-0.39, 0.29) is 29.7 Å². The predicted molar refractivity (Wildman–Crippen MR) is 68.9 cm³/mol. The van der Waals surface area contributed by atoms with Gasteiger partial charge < -0.3 is 4.74 Å². The van der Waals surface area contributed by atoms with Crippen LogP contribution in [-0.4, -0.2) is 17.9 Å². The molecule has 0 aromatic rings. The van der Waals surface area contributed by atoms with Gasteiger partial charge in [-0.2, -0.15) is 0 Å². The van der Waals surface area contributed by atoms with Crippen molar-refractivity contribution in [2.45, 2.75) is 45.6 Å². The zero-order valence-corrected chi connectivity index (χ0v) is 11.1. The van der Waals surface area contributed by atoms with Gasteiger partial charge in [0.15, 0.2) is 5.78 Å². The highest BCUT2D eigenvalue weighted by Gasteiger charge is 2.40. The van der Waals surface area contributed by atoms with Gasteiger partial charge in [0.05, 0.1) is 5.92 Å². The van der Waals surface area contributed by atoms with E-state index in [4.69, 9.17) is 4.74 Å². The molecule has 0 bridgehead atoms. The maximum Gasteiger partial charge on any atom is 0.309 e. The number of esters is 1. The second-order valence-corrected chi connectivity index (χ2v) is 5.43. The van der Waals surface area contributed by atoms with Crippen molar-refractivity contribution in [2.75, 3.05) is 0 Å². The molecule has 0 spiro atoms. The third-order valence-corrected chi connectivity index (χ3v) is 4.06. The lowest BCUT2D eigenvalue weighted by molar-refractivity contribution is -0.142. The monoisotopic (exact) mass is 248 g/mol. The fourth-order valence-electron chi connectivity index (χ4n) is 2.69. The summed E-state index contributed by atoms with van der Waals surface area (Å²) in [6, 6.07) is 0. The van der Waals surface area contributed by atoms with Crippen molar-refractivity contribution in [3.8, 4) is 0 Å². The fourth-order valence-corrected chi connectivity index (χ4v) is 2.69. The van der Waals surface area contributed by atoms with Gasteiger partial charge in [0.25, 0.3) is 0 Å². The molecule has 3 heteroatoms. The fraction of sp³-hybridized carbons (Fsp3) is 0.600. The molecule has 1 aliphatic heterocycles. The normalized spacial score (nSPS) is 36.7. The van der Waals surface area contributed by atoms with Crippen molar-refractivity contribution < 1.29 is 14.3 Å². The maximum atomic E-state index is 11.8. The van der Waals surface area contributed by atoms with Crippen LogP contribution in [0.5, 0.6) is 0 Å². The average Bonchev–Trinajstić information content (AvgIpc) is 2.58. The van der Waals surface area contributed by atoms with Gasteiger partial charge in [-0.25, -0.2) is 0 Å². The number of hydrogen-bond acceptors (Lipinski definition) is 3. The third kappa shape index (κ3) is 2.55. The van der Waals surface area contributed by atoms with Crippen LogP contribution in [0.1, 0.15) is 39.5 Å². The van der Waals surface area contributed by atoms with Crippen LogP contribution in [0.3, 0.4) is 0 Å². The minimum Gasteiger partial charge on any atom is -0.458 e. The predicted octanol–water partition coefficient (Wildman–Crippen LogP) is 2.81. The van der Waals surface area contributed by atoms with Gasteiger partial charge in [-0.1, -0.05) is 19.1 Å². The Morgan fingerprint density at radius 1 is 1.28 bits per heavy atom. The lowest BCUT2D eigenvalue weighted by atomic mass is 9.84. The summed E-state index contributed by atoms with van der Waals surface area (Å²) in [6.07, 6.45) is 4.62. The Labute approximate surface area is 108 Å². The van der Waals surface area contributed by atoms with Gasteiger partial charge in [0.2, 0.25) is 0 Å². The summed E-state index contributed by atoms with van der Waals surface area (Å²) in [4.78, 5) is 23.4. The van der Waals surface area contributed by atoms with Gasteiger partial charge in [-0.05, 0) is 37.8 Å². The molecule has 18 heavy (non-hydrogen) atoms. The first kappa shape index (κ1) is 13.1. The first-order chi connectivity index (χ1) is 8.49. The Balaban J connectivity index is 2.23. The number of Topliss-reactive ketones (excluding diaryl/α,β-unsaturated/α-hetero) is 1. The molecule has 98 valence electrons. The summed E-state index contributed by atoms with van der Waals surface area (Å²) < 4.78 is 5.41. The van der Waals surface area contributed by atoms with E-state index >= 15 is 0 Å². The molecule has 0 saturated carbocycles. The molecule has 1 aliphatic carbocycles. The molecule has 1 fully saturated rings. The lowest BCUT2D eigenvalue weighted by Gasteiger charge is -2.19. The van der Waals surface area contributed by atoms with Crippen LogP contribution < -0.4 is 0 Å². The van der Waals surface area contributed by atoms with E-state index in [0.29, 0.717) is 18.4 Å². The summed E-state index contributed by atoms with van der Waals surface area (Å²) in [5.41, 5.74) is 1.81. The van der Waals surface area contributed by atoms with E-state index < -0.39 is 0 Å². The van der Waals surface area contributed by atoms with Gasteiger partial charge in [0, 0.05) is 12.3 Å². The molecule has 2 aliphatic rings. The number of ether oxygens (including phenoxy) is 1. The molecule has 3 nitrogen and oxygen atoms in total. The van der Waals surface area contributed by atoms with Gasteiger partial charge in [0.1, 0.15) is 6.10 Å². The van der Waals surface area contributed by atoms with Crippen LogP contribution in [-0.2, 0) is 14.3 Å². The molecule has 0 aromatic carbocycles. The number of rotatable bonds is 0. The summed E-state index contributed by atoms with van der Waals surface area (Å²) >= 11 is 0. The molecule has 3 atom stereocenters. The summed E-state index contributed by atoms with van der Waals surface area (Å²) in [7, 11) is 0. The van der Waals surface area contributed by atoms with Crippen LogP contribution >= 0.6 is 0 Å². The molecule has 0 aromatic heterocycles. The number of allylic oxidation sites excluding steroid dienone is 2. The summed E-state index contributed by atoms with van der Waals surface area (Å²) in [5, 5.41) is 0. The number of carbonyl (C=O) groups is 2. The van der Waals surface area contributed by atoms with Gasteiger partial charge in [-0.3, -0.25) is 9.59 Å². The largest absolute Gasteiger partial charge is 0.458 e. The first-order valence-corrected chi connectivity index (χ1v) is 6.58. The quantitative estimate of drug-likeness (QED) is 0.376. The van der Waals surface area contributed by atoms with Crippen LogP contribution in [0.15, 0.2) is 23.8 Å². The van der Waals surface area contributed by atoms with E-state index in [0.717, 1.165) is 18.4 Å². The Morgan fingerprint density at radius 3 is 2.72 bits per heavy atom. The zero-order valence-electron chi connectivity index (χ0n) is 11.1. The van der Waals surface area contributed by atoms with E-state index in [1.807, 2.05) is 19.9 Å². The minimum atomic E-state index is -0.120. The van der Waals surface area contributed by atoms with Crippen molar-refractivity contribution in [2.24, 2.45) is 11.8 Å². The minimum absolute atomic E-state index is 0.0821. The molecule has 0 N–H and O–H groups in total. The number of fused-ring (bicyclic) bond motifs is 1. The Morgan fingerprint density at radius 2 is 2.00 bits per heavy atom. The molecule has 1 heterocycles. The van der Waals surface area contributed by atoms with E-state index in [1.54, 1.807) is 0 Å². The van der Waals surface area contributed by atoms with Crippen molar-refractivity contribution in [1.29, 1.82) is 0 Å². The van der Waals surface area contributed by atoms with Gasteiger partial charge in [-0.15, -0.1) is 0 Å². The van der Waals surface area contributed by atoms with Crippen molar-refractivity contribution in [3.05, 3.63) is 23.8 Å². The highest BCUT2D eigenvalue weighted by atomic mass is 16.6. The van der Waals surface area contributed by atoms with E-state index in [1.165, 1.54) is 0 Å². The summed E-state index contributed by atoms with van der Waals surface area (Å²) in [6.45, 7) is 7.76. The van der Waals surface area contributed by atoms with Crippen LogP contribution in [0.4, 0.5) is 0 Å². The topological polar surface area (TPSA) is 43.4 Å². The molecule has 0 unspecified atom stereocenters. The highest BCUT2D eigenvalue weighted by molar-refractivity contribution is 5.94. The summed E-state index contributed by atoms with van der Waals surface area (Å²) in [5.74, 6) is 0.126. The lowest BCUT2D eigenvalue weighted by Crippen LogP contribution is -2.20. The smallest absolute Gasteiger partial charge is 0.309 e. The van der Waals surface area contributed by atoms with Crippen LogP contribution in [0, 0.1) is 11.8 Å². The van der Waals surface area contributed by atoms with Crippen LogP contribution in [0.2, 0.25) is 0 Å².